The number of carbonyl (C=O) groups excluding carboxylic acids is 1. The smallest absolute Gasteiger partial charge is 0.326 e. The number of ether oxygens (including phenoxy) is 1. The lowest BCUT2D eigenvalue weighted by Crippen LogP contribution is -2.48. The van der Waals surface area contributed by atoms with E-state index in [0.29, 0.717) is 6.61 Å². The van der Waals surface area contributed by atoms with Gasteiger partial charge in [0.15, 0.2) is 5.16 Å². The number of likely N-dealkylation sites (N-methyl/N-ethyl adjacent to an activating group) is 1. The molecule has 1 N–H and O–H groups in total. The number of unbranched alkanes of at least 4 members (excludes halogenated alkanes) is 1. The largest absolute Gasteiger partial charge is 0.465 e. The molecule has 0 aliphatic rings. The van der Waals surface area contributed by atoms with Crippen LogP contribution in [0.1, 0.15) is 33.1 Å². The van der Waals surface area contributed by atoms with Crippen LogP contribution in [0.2, 0.25) is 0 Å². The Morgan fingerprint density at radius 3 is 2.85 bits per heavy atom. The van der Waals surface area contributed by atoms with Crippen molar-refractivity contribution in [2.24, 2.45) is 7.05 Å². The maximum atomic E-state index is 11.9. The molecule has 7 heteroatoms. The minimum Gasteiger partial charge on any atom is -0.465 e. The van der Waals surface area contributed by atoms with E-state index in [-0.39, 0.29) is 5.97 Å². The standard InChI is InChI=1S/C13H24N4O2S/c1-5-19-11(18)13(2,14-3)8-6-7-9-20-12-15-10-16-17(12)4/h10,14H,5-9H2,1-4H3. The summed E-state index contributed by atoms with van der Waals surface area (Å²) < 4.78 is 6.87. The number of thioether (sulfide) groups is 1. The predicted octanol–water partition coefficient (Wildman–Crippen LogP) is 1.62. The molecule has 0 saturated carbocycles. The zero-order chi connectivity index (χ0) is 15.0. The fourth-order valence-corrected chi connectivity index (χ4v) is 2.67. The molecule has 0 aromatic carbocycles. The first-order valence-electron chi connectivity index (χ1n) is 6.86. The fourth-order valence-electron chi connectivity index (χ4n) is 1.78. The van der Waals surface area contributed by atoms with E-state index in [0.717, 1.165) is 30.2 Å². The Labute approximate surface area is 124 Å². The van der Waals surface area contributed by atoms with Crippen molar-refractivity contribution >= 4 is 17.7 Å². The van der Waals surface area contributed by atoms with Crippen molar-refractivity contribution in [3.63, 3.8) is 0 Å². The molecule has 1 aromatic heterocycles. The SMILES string of the molecule is CCOC(=O)C(C)(CCCCSc1ncnn1C)NC. The third kappa shape index (κ3) is 4.79. The molecular formula is C13H24N4O2S. The van der Waals surface area contributed by atoms with E-state index in [2.05, 4.69) is 15.4 Å². The van der Waals surface area contributed by atoms with Gasteiger partial charge in [-0.2, -0.15) is 5.10 Å². The maximum Gasteiger partial charge on any atom is 0.326 e. The molecule has 0 aliphatic heterocycles. The number of hydrogen-bond donors (Lipinski definition) is 1. The average Bonchev–Trinajstić information content (AvgIpc) is 2.84. The number of aromatic nitrogens is 3. The van der Waals surface area contributed by atoms with Gasteiger partial charge in [0.1, 0.15) is 11.9 Å². The minimum absolute atomic E-state index is 0.177. The van der Waals surface area contributed by atoms with Gasteiger partial charge in [-0.3, -0.25) is 4.79 Å². The number of rotatable bonds is 9. The van der Waals surface area contributed by atoms with Crippen LogP contribution in [-0.4, -0.2) is 45.7 Å². The maximum absolute atomic E-state index is 11.9. The van der Waals surface area contributed by atoms with Crippen molar-refractivity contribution in [1.29, 1.82) is 0 Å². The topological polar surface area (TPSA) is 69.0 Å². The Morgan fingerprint density at radius 2 is 2.30 bits per heavy atom. The molecule has 0 amide bonds. The van der Waals surface area contributed by atoms with Gasteiger partial charge in [0.05, 0.1) is 6.61 Å². The summed E-state index contributed by atoms with van der Waals surface area (Å²) in [5.41, 5.74) is -0.592. The summed E-state index contributed by atoms with van der Waals surface area (Å²) in [5, 5.41) is 8.02. The van der Waals surface area contributed by atoms with Crippen LogP contribution in [-0.2, 0) is 16.6 Å². The van der Waals surface area contributed by atoms with Gasteiger partial charge in [0, 0.05) is 12.8 Å². The second-order valence-corrected chi connectivity index (χ2v) is 5.84. The molecule has 20 heavy (non-hydrogen) atoms. The van der Waals surface area contributed by atoms with Gasteiger partial charge >= 0.3 is 5.97 Å². The lowest BCUT2D eigenvalue weighted by molar-refractivity contribution is -0.150. The summed E-state index contributed by atoms with van der Waals surface area (Å²) >= 11 is 1.68. The normalized spacial score (nSPS) is 14.0. The van der Waals surface area contributed by atoms with Crippen LogP contribution >= 0.6 is 11.8 Å². The Bertz CT molecular complexity index is 424. The number of hydrogen-bond acceptors (Lipinski definition) is 6. The highest BCUT2D eigenvalue weighted by molar-refractivity contribution is 7.99. The zero-order valence-corrected chi connectivity index (χ0v) is 13.5. The van der Waals surface area contributed by atoms with Crippen LogP contribution in [0.4, 0.5) is 0 Å². The van der Waals surface area contributed by atoms with Crippen LogP contribution in [0.3, 0.4) is 0 Å². The van der Waals surface area contributed by atoms with Crippen molar-refractivity contribution in [3.8, 4) is 0 Å². The number of esters is 1. The van der Waals surface area contributed by atoms with Crippen LogP contribution < -0.4 is 5.32 Å². The van der Waals surface area contributed by atoms with Crippen LogP contribution in [0.5, 0.6) is 0 Å². The molecule has 0 spiro atoms. The minimum atomic E-state index is -0.592. The van der Waals surface area contributed by atoms with Gasteiger partial charge in [-0.15, -0.1) is 0 Å². The second-order valence-electron chi connectivity index (χ2n) is 4.77. The third-order valence-corrected chi connectivity index (χ3v) is 4.37. The van der Waals surface area contributed by atoms with Crippen molar-refractivity contribution in [2.45, 2.75) is 43.8 Å². The van der Waals surface area contributed by atoms with E-state index in [4.69, 9.17) is 4.74 Å². The molecule has 6 nitrogen and oxygen atoms in total. The summed E-state index contributed by atoms with van der Waals surface area (Å²) in [5.74, 6) is 0.790. The Balaban J connectivity index is 2.28. The summed E-state index contributed by atoms with van der Waals surface area (Å²) in [6.45, 7) is 4.13. The van der Waals surface area contributed by atoms with Gasteiger partial charge < -0.3 is 10.1 Å². The van der Waals surface area contributed by atoms with E-state index in [1.54, 1.807) is 29.8 Å². The average molecular weight is 300 g/mol. The molecule has 0 fully saturated rings. The summed E-state index contributed by atoms with van der Waals surface area (Å²) in [6.07, 6.45) is 4.30. The molecular weight excluding hydrogens is 276 g/mol. The molecule has 0 aliphatic carbocycles. The first-order chi connectivity index (χ1) is 9.53. The van der Waals surface area contributed by atoms with E-state index in [1.165, 1.54) is 0 Å². The van der Waals surface area contributed by atoms with Gasteiger partial charge in [-0.05, 0) is 33.7 Å². The number of aryl methyl sites for hydroxylation is 1. The lowest BCUT2D eigenvalue weighted by Gasteiger charge is -2.26. The van der Waals surface area contributed by atoms with E-state index < -0.39 is 5.54 Å². The highest BCUT2D eigenvalue weighted by Gasteiger charge is 2.32. The third-order valence-electron chi connectivity index (χ3n) is 3.25. The van der Waals surface area contributed by atoms with Gasteiger partial charge in [-0.25, -0.2) is 9.67 Å². The van der Waals surface area contributed by atoms with Crippen molar-refractivity contribution in [1.82, 2.24) is 20.1 Å². The van der Waals surface area contributed by atoms with Crippen LogP contribution in [0.25, 0.3) is 0 Å². The quantitative estimate of drug-likeness (QED) is 0.424. The van der Waals surface area contributed by atoms with Crippen molar-refractivity contribution < 1.29 is 9.53 Å². The molecule has 0 saturated heterocycles. The molecule has 1 aromatic rings. The highest BCUT2D eigenvalue weighted by Crippen LogP contribution is 2.19. The molecule has 1 rings (SSSR count). The first-order valence-corrected chi connectivity index (χ1v) is 7.85. The Kier molecular flexibility index (Phi) is 7.01. The van der Waals surface area contributed by atoms with E-state index in [1.807, 2.05) is 20.9 Å². The highest BCUT2D eigenvalue weighted by atomic mass is 32.2. The second kappa shape index (κ2) is 8.26. The van der Waals surface area contributed by atoms with Gasteiger partial charge in [-0.1, -0.05) is 18.2 Å². The van der Waals surface area contributed by atoms with E-state index in [9.17, 15) is 4.79 Å². The number of nitrogens with zero attached hydrogens (tertiary/aromatic N) is 3. The van der Waals surface area contributed by atoms with Crippen LogP contribution in [0.15, 0.2) is 11.5 Å². The number of nitrogens with one attached hydrogen (secondary N) is 1. The monoisotopic (exact) mass is 300 g/mol. The molecule has 1 heterocycles. The Morgan fingerprint density at radius 1 is 1.55 bits per heavy atom. The first kappa shape index (κ1) is 17.0. The predicted molar refractivity (Wildman–Crippen MR) is 79.7 cm³/mol. The molecule has 0 radical (unpaired) electrons. The van der Waals surface area contributed by atoms with Crippen LogP contribution in [0, 0.1) is 0 Å². The molecule has 114 valence electrons. The summed E-state index contributed by atoms with van der Waals surface area (Å²) in [4.78, 5) is 16.0. The number of carbonyl (C=O) groups is 1. The Hall–Kier alpha value is -1.08. The fraction of sp³-hybridized carbons (Fsp3) is 0.769. The molecule has 1 atom stereocenters. The molecule has 0 bridgehead atoms. The van der Waals surface area contributed by atoms with Crippen molar-refractivity contribution in [2.75, 3.05) is 19.4 Å². The van der Waals surface area contributed by atoms with Gasteiger partial charge in [0.2, 0.25) is 0 Å². The summed E-state index contributed by atoms with van der Waals surface area (Å²) in [6, 6.07) is 0. The molecule has 1 unspecified atom stereocenters. The lowest BCUT2D eigenvalue weighted by atomic mass is 9.95. The van der Waals surface area contributed by atoms with Crippen molar-refractivity contribution in [3.05, 3.63) is 6.33 Å². The van der Waals surface area contributed by atoms with Gasteiger partial charge in [0.25, 0.3) is 0 Å². The zero-order valence-electron chi connectivity index (χ0n) is 12.7. The van der Waals surface area contributed by atoms with E-state index >= 15 is 0 Å². The summed E-state index contributed by atoms with van der Waals surface area (Å²) in [7, 11) is 3.68.